The highest BCUT2D eigenvalue weighted by Gasteiger charge is 2.25. The molecule has 2 heterocycles. The number of unbranched alkanes of at least 4 members (excludes halogenated alkanes) is 1. The van der Waals surface area contributed by atoms with E-state index in [2.05, 4.69) is 96.8 Å². The Bertz CT molecular complexity index is 1880. The summed E-state index contributed by atoms with van der Waals surface area (Å²) in [7, 11) is 0. The number of benzene rings is 3. The quantitative estimate of drug-likeness (QED) is 0.118. The van der Waals surface area contributed by atoms with E-state index >= 15 is 0 Å². The highest BCUT2D eigenvalue weighted by molar-refractivity contribution is 7.14. The molecule has 1 atom stereocenters. The summed E-state index contributed by atoms with van der Waals surface area (Å²) in [5.41, 5.74) is 7.13. The van der Waals surface area contributed by atoms with E-state index in [1.165, 1.54) is 35.3 Å². The fraction of sp³-hybridized carbons (Fsp3) is 0.275. The Kier molecular flexibility index (Phi) is 11.4. The molecule has 252 valence electrons. The highest BCUT2D eigenvalue weighted by Crippen LogP contribution is 2.30. The predicted molar refractivity (Wildman–Crippen MR) is 196 cm³/mol. The van der Waals surface area contributed by atoms with Crippen molar-refractivity contribution in [2.24, 2.45) is 0 Å². The van der Waals surface area contributed by atoms with Gasteiger partial charge in [-0.1, -0.05) is 107 Å². The first-order chi connectivity index (χ1) is 23.5. The lowest BCUT2D eigenvalue weighted by molar-refractivity contribution is -0.138. The van der Waals surface area contributed by atoms with Gasteiger partial charge in [-0.3, -0.25) is 14.4 Å². The number of aryl methyl sites for hydroxylation is 1. The van der Waals surface area contributed by atoms with Gasteiger partial charge in [0, 0.05) is 34.8 Å². The van der Waals surface area contributed by atoms with Crippen LogP contribution in [-0.4, -0.2) is 45.4 Å². The molecule has 49 heavy (non-hydrogen) atoms. The average Bonchev–Trinajstić information content (AvgIpc) is 3.62. The number of thiophene rings is 1. The first kappa shape index (κ1) is 35.2. The third kappa shape index (κ3) is 9.48. The summed E-state index contributed by atoms with van der Waals surface area (Å²) in [4.78, 5) is 47.9. The van der Waals surface area contributed by atoms with Crippen LogP contribution in [0.25, 0.3) is 33.6 Å². The minimum absolute atomic E-state index is 0.111. The summed E-state index contributed by atoms with van der Waals surface area (Å²) in [6.07, 6.45) is 7.30. The number of carbonyl (C=O) groups excluding carboxylic acids is 2. The maximum Gasteiger partial charge on any atom is 0.322 e. The van der Waals surface area contributed by atoms with Crippen LogP contribution in [0.2, 0.25) is 0 Å². The van der Waals surface area contributed by atoms with Crippen LogP contribution in [0.3, 0.4) is 0 Å². The van der Waals surface area contributed by atoms with E-state index in [0.29, 0.717) is 10.7 Å². The van der Waals surface area contributed by atoms with Crippen LogP contribution in [0.5, 0.6) is 0 Å². The second-order valence-electron chi connectivity index (χ2n) is 13.1. The lowest BCUT2D eigenvalue weighted by atomic mass is 9.95. The number of aliphatic carboxylic acids is 1. The summed E-state index contributed by atoms with van der Waals surface area (Å²) in [6, 6.07) is 27.3. The Hall–Kier alpha value is -5.15. The van der Waals surface area contributed by atoms with Gasteiger partial charge >= 0.3 is 5.97 Å². The largest absolute Gasteiger partial charge is 0.480 e. The van der Waals surface area contributed by atoms with Crippen LogP contribution >= 0.6 is 11.3 Å². The number of hydrogen-bond acceptors (Lipinski definition) is 6. The Morgan fingerprint density at radius 2 is 1.31 bits per heavy atom. The van der Waals surface area contributed by atoms with Crippen LogP contribution < -0.4 is 10.6 Å². The fourth-order valence-corrected chi connectivity index (χ4v) is 6.31. The van der Waals surface area contributed by atoms with Gasteiger partial charge in [-0.2, -0.15) is 0 Å². The van der Waals surface area contributed by atoms with Crippen LogP contribution in [0.1, 0.15) is 66.2 Å². The topological polar surface area (TPSA) is 121 Å². The lowest BCUT2D eigenvalue weighted by Gasteiger charge is -2.18. The number of rotatable bonds is 13. The molecule has 8 nitrogen and oxygen atoms in total. The number of hydrogen-bond donors (Lipinski definition) is 3. The Morgan fingerprint density at radius 1 is 0.755 bits per heavy atom. The van der Waals surface area contributed by atoms with Crippen molar-refractivity contribution < 1.29 is 19.5 Å². The minimum Gasteiger partial charge on any atom is -0.480 e. The van der Waals surface area contributed by atoms with Crippen LogP contribution in [0.15, 0.2) is 97.3 Å². The number of nitrogens with one attached hydrogen (secondary N) is 2. The van der Waals surface area contributed by atoms with E-state index < -0.39 is 24.5 Å². The third-order valence-electron chi connectivity index (χ3n) is 8.23. The second kappa shape index (κ2) is 15.8. The molecule has 3 aromatic carbocycles. The third-order valence-corrected chi connectivity index (χ3v) is 9.74. The standard InChI is InChI=1S/C40H42N4O4S/c1-5-6-7-26-8-12-28(13-9-26)29-16-18-30(19-17-29)32-23-41-37(42-24-32)31-14-10-27(11-15-31)22-33(38(47)43-25-36(45)46)44-39(48)34-20-21-35(49-34)40(2,3)4/h8-21,23-24,33H,5-7,22,25H2,1-4H3,(H,43,47)(H,44,48)(H,45,46). The molecule has 0 radical (unpaired) electrons. The number of carboxylic acid groups (broad SMARTS) is 1. The normalized spacial score (nSPS) is 11.9. The molecule has 0 aliphatic heterocycles. The van der Waals surface area contributed by atoms with E-state index in [9.17, 15) is 14.4 Å². The zero-order valence-electron chi connectivity index (χ0n) is 28.3. The Balaban J connectivity index is 1.24. The van der Waals surface area contributed by atoms with Gasteiger partial charge in [0.15, 0.2) is 5.82 Å². The first-order valence-electron chi connectivity index (χ1n) is 16.5. The van der Waals surface area contributed by atoms with Gasteiger partial charge in [-0.25, -0.2) is 9.97 Å². The summed E-state index contributed by atoms with van der Waals surface area (Å²) >= 11 is 1.38. The molecule has 0 spiro atoms. The van der Waals surface area contributed by atoms with Crippen LogP contribution in [0.4, 0.5) is 0 Å². The van der Waals surface area contributed by atoms with E-state index in [1.807, 2.05) is 42.7 Å². The van der Waals surface area contributed by atoms with Gasteiger partial charge in [-0.15, -0.1) is 11.3 Å². The molecule has 0 bridgehead atoms. The van der Waals surface area contributed by atoms with Crippen LogP contribution in [0, 0.1) is 0 Å². The smallest absolute Gasteiger partial charge is 0.322 e. The van der Waals surface area contributed by atoms with Gasteiger partial charge in [0.2, 0.25) is 5.91 Å². The summed E-state index contributed by atoms with van der Waals surface area (Å²) in [6.45, 7) is 7.88. The van der Waals surface area contributed by atoms with Gasteiger partial charge in [0.25, 0.3) is 5.91 Å². The van der Waals surface area contributed by atoms with Crippen molar-refractivity contribution in [3.63, 3.8) is 0 Å². The second-order valence-corrected chi connectivity index (χ2v) is 14.2. The molecule has 0 fully saturated rings. The van der Waals surface area contributed by atoms with E-state index in [4.69, 9.17) is 5.11 Å². The number of carboxylic acids is 1. The molecule has 0 aliphatic carbocycles. The molecule has 1 unspecified atom stereocenters. The molecule has 2 aromatic heterocycles. The maximum absolute atomic E-state index is 13.1. The van der Waals surface area contributed by atoms with Gasteiger partial charge in [0.05, 0.1) is 4.88 Å². The van der Waals surface area contributed by atoms with Crippen LogP contribution in [-0.2, 0) is 27.8 Å². The van der Waals surface area contributed by atoms with Crippen molar-refractivity contribution >= 4 is 29.1 Å². The average molecular weight is 675 g/mol. The summed E-state index contributed by atoms with van der Waals surface area (Å²) in [5.74, 6) is -1.56. The monoisotopic (exact) mass is 674 g/mol. The molecular formula is C40H42N4O4S. The Morgan fingerprint density at radius 3 is 1.86 bits per heavy atom. The van der Waals surface area contributed by atoms with Crippen molar-refractivity contribution in [3.05, 3.63) is 118 Å². The summed E-state index contributed by atoms with van der Waals surface area (Å²) < 4.78 is 0. The van der Waals surface area contributed by atoms with Gasteiger partial charge in [-0.05, 0) is 58.2 Å². The predicted octanol–water partition coefficient (Wildman–Crippen LogP) is 7.72. The molecular weight excluding hydrogens is 633 g/mol. The van der Waals surface area contributed by atoms with Gasteiger partial charge < -0.3 is 15.7 Å². The first-order valence-corrected chi connectivity index (χ1v) is 17.3. The molecule has 5 rings (SSSR count). The van der Waals surface area contributed by atoms with Crippen molar-refractivity contribution in [2.75, 3.05) is 6.54 Å². The van der Waals surface area contributed by atoms with Gasteiger partial charge in [0.1, 0.15) is 12.6 Å². The number of nitrogens with zero attached hydrogens (tertiary/aromatic N) is 2. The molecule has 3 N–H and O–H groups in total. The number of amides is 2. The maximum atomic E-state index is 13.1. The van der Waals surface area contributed by atoms with Crippen molar-refractivity contribution in [2.45, 2.75) is 64.8 Å². The van der Waals surface area contributed by atoms with E-state index in [0.717, 1.165) is 39.1 Å². The van der Waals surface area contributed by atoms with E-state index in [1.54, 1.807) is 6.07 Å². The Labute approximate surface area is 291 Å². The van der Waals surface area contributed by atoms with E-state index in [-0.39, 0.29) is 17.7 Å². The zero-order valence-corrected chi connectivity index (χ0v) is 29.1. The summed E-state index contributed by atoms with van der Waals surface area (Å²) in [5, 5.41) is 14.3. The highest BCUT2D eigenvalue weighted by atomic mass is 32.1. The fourth-order valence-electron chi connectivity index (χ4n) is 5.34. The lowest BCUT2D eigenvalue weighted by Crippen LogP contribution is -2.49. The molecule has 0 saturated carbocycles. The molecule has 5 aromatic rings. The molecule has 0 aliphatic rings. The van der Waals surface area contributed by atoms with Crippen molar-refractivity contribution in [1.82, 2.24) is 20.6 Å². The number of carbonyl (C=O) groups is 3. The van der Waals surface area contributed by atoms with Crippen molar-refractivity contribution in [3.8, 4) is 33.6 Å². The van der Waals surface area contributed by atoms with Crippen molar-refractivity contribution in [1.29, 1.82) is 0 Å². The molecule has 9 heteroatoms. The zero-order chi connectivity index (χ0) is 35.0. The number of aromatic nitrogens is 2. The molecule has 0 saturated heterocycles. The minimum atomic E-state index is -1.16. The molecule has 2 amide bonds. The SMILES string of the molecule is CCCCc1ccc(-c2ccc(-c3cnc(-c4ccc(CC(NC(=O)c5ccc(C(C)(C)C)s5)C(=O)NCC(=O)O)cc4)nc3)cc2)cc1.